The standard InChI is InChI=1S/C6H14NO10P/c7-6(13,2(9)1-8)4(11)3(10)5(12)17-18(14,15)16/h2-4,8-11,13H,1,7H2,(H2,14,15,16)/t2-,3-,4-,6-/m1/s1. The summed E-state index contributed by atoms with van der Waals surface area (Å²) in [7, 11) is -5.25. The molecule has 0 spiro atoms. The van der Waals surface area contributed by atoms with Gasteiger partial charge in [0.1, 0.15) is 12.2 Å². The van der Waals surface area contributed by atoms with Gasteiger partial charge < -0.3 is 30.1 Å². The van der Waals surface area contributed by atoms with Gasteiger partial charge in [-0.2, -0.15) is 0 Å². The first-order valence-corrected chi connectivity index (χ1v) is 5.91. The van der Waals surface area contributed by atoms with E-state index in [1.165, 1.54) is 0 Å². The monoisotopic (exact) mass is 291 g/mol. The summed E-state index contributed by atoms with van der Waals surface area (Å²) in [5, 5.41) is 45.2. The minimum absolute atomic E-state index is 1.11. The van der Waals surface area contributed by atoms with E-state index in [1.807, 2.05) is 0 Å². The van der Waals surface area contributed by atoms with Crippen molar-refractivity contribution in [1.82, 2.24) is 0 Å². The molecule has 0 heterocycles. The Kier molecular flexibility index (Phi) is 5.81. The molecule has 0 rings (SSSR count). The second-order valence-electron chi connectivity index (χ2n) is 3.38. The van der Waals surface area contributed by atoms with Gasteiger partial charge in [-0.3, -0.25) is 15.5 Å². The molecule has 0 aliphatic carbocycles. The van der Waals surface area contributed by atoms with Crippen LogP contribution in [-0.2, 0) is 13.9 Å². The molecule has 0 amide bonds. The first-order valence-electron chi connectivity index (χ1n) is 4.38. The van der Waals surface area contributed by atoms with Crippen LogP contribution in [0.4, 0.5) is 0 Å². The predicted octanol–water partition coefficient (Wildman–Crippen LogP) is -4.66. The third-order valence-corrected chi connectivity index (χ3v) is 2.35. The molecule has 0 fully saturated rings. The highest BCUT2D eigenvalue weighted by Crippen LogP contribution is 2.36. The van der Waals surface area contributed by atoms with E-state index in [4.69, 9.17) is 30.8 Å². The van der Waals surface area contributed by atoms with Crippen LogP contribution in [0.5, 0.6) is 0 Å². The fraction of sp³-hybridized carbons (Fsp3) is 0.833. The fourth-order valence-electron chi connectivity index (χ4n) is 0.896. The highest BCUT2D eigenvalue weighted by molar-refractivity contribution is 7.46. The quantitative estimate of drug-likeness (QED) is 0.172. The number of aliphatic hydroxyl groups excluding tert-OH is 4. The van der Waals surface area contributed by atoms with Crippen LogP contribution in [0.3, 0.4) is 0 Å². The average molecular weight is 291 g/mol. The number of carbonyl (C=O) groups is 1. The third-order valence-electron chi connectivity index (χ3n) is 1.93. The van der Waals surface area contributed by atoms with Crippen molar-refractivity contribution in [3.63, 3.8) is 0 Å². The van der Waals surface area contributed by atoms with E-state index < -0.39 is 44.4 Å². The zero-order valence-electron chi connectivity index (χ0n) is 8.82. The lowest BCUT2D eigenvalue weighted by molar-refractivity contribution is -0.193. The Morgan fingerprint density at radius 3 is 2.11 bits per heavy atom. The topological polar surface area (TPSA) is 211 Å². The highest BCUT2D eigenvalue weighted by atomic mass is 31.2. The van der Waals surface area contributed by atoms with E-state index in [2.05, 4.69) is 4.52 Å². The molecule has 0 aromatic carbocycles. The van der Waals surface area contributed by atoms with E-state index in [0.29, 0.717) is 0 Å². The van der Waals surface area contributed by atoms with Crippen molar-refractivity contribution >= 4 is 13.8 Å². The summed E-state index contributed by atoms with van der Waals surface area (Å²) < 4.78 is 13.7. The van der Waals surface area contributed by atoms with E-state index >= 15 is 0 Å². The summed E-state index contributed by atoms with van der Waals surface area (Å²) in [6.07, 6.45) is -7.32. The van der Waals surface area contributed by atoms with Gasteiger partial charge in [0.25, 0.3) is 0 Å². The summed E-state index contributed by atoms with van der Waals surface area (Å²) in [5.41, 5.74) is 1.95. The van der Waals surface area contributed by atoms with Crippen molar-refractivity contribution in [2.75, 3.05) is 6.61 Å². The van der Waals surface area contributed by atoms with Crippen molar-refractivity contribution in [3.05, 3.63) is 0 Å². The van der Waals surface area contributed by atoms with Crippen LogP contribution < -0.4 is 5.73 Å². The van der Waals surface area contributed by atoms with E-state index in [0.717, 1.165) is 0 Å². The van der Waals surface area contributed by atoms with Gasteiger partial charge in [0.05, 0.1) is 6.61 Å². The van der Waals surface area contributed by atoms with Gasteiger partial charge in [0, 0.05) is 0 Å². The van der Waals surface area contributed by atoms with Crippen molar-refractivity contribution in [3.8, 4) is 0 Å². The Morgan fingerprint density at radius 2 is 1.78 bits per heavy atom. The number of phosphoric acid groups is 1. The molecule has 108 valence electrons. The van der Waals surface area contributed by atoms with Crippen LogP contribution in [0, 0.1) is 0 Å². The van der Waals surface area contributed by atoms with Gasteiger partial charge in [-0.25, -0.2) is 9.36 Å². The van der Waals surface area contributed by atoms with Crippen LogP contribution in [0.1, 0.15) is 0 Å². The number of carbonyl (C=O) groups excluding carboxylic acids is 1. The molecule has 18 heavy (non-hydrogen) atoms. The summed E-state index contributed by atoms with van der Waals surface area (Å²) in [5.74, 6) is -1.97. The van der Waals surface area contributed by atoms with E-state index in [-0.39, 0.29) is 0 Å². The number of hydrogen-bond donors (Lipinski definition) is 8. The Labute approximate surface area is 100 Å². The van der Waals surface area contributed by atoms with Crippen LogP contribution in [0.25, 0.3) is 0 Å². The Bertz CT molecular complexity index is 339. The first-order chi connectivity index (χ1) is 7.93. The fourth-order valence-corrected chi connectivity index (χ4v) is 1.24. The van der Waals surface area contributed by atoms with Gasteiger partial charge in [-0.1, -0.05) is 0 Å². The molecule has 0 unspecified atom stereocenters. The molecule has 0 radical (unpaired) electrons. The molecule has 11 nitrogen and oxygen atoms in total. The lowest BCUT2D eigenvalue weighted by atomic mass is 9.97. The highest BCUT2D eigenvalue weighted by Gasteiger charge is 2.46. The van der Waals surface area contributed by atoms with Gasteiger partial charge >= 0.3 is 13.8 Å². The Hall–Kier alpha value is -0.620. The molecule has 0 saturated carbocycles. The maximum Gasteiger partial charge on any atom is 0.527 e. The van der Waals surface area contributed by atoms with Gasteiger partial charge in [0.2, 0.25) is 0 Å². The lowest BCUT2D eigenvalue weighted by Gasteiger charge is -2.33. The average Bonchev–Trinajstić information content (AvgIpc) is 2.23. The molecule has 12 heteroatoms. The van der Waals surface area contributed by atoms with Crippen LogP contribution in [0.2, 0.25) is 0 Å². The Morgan fingerprint density at radius 1 is 1.33 bits per heavy atom. The second kappa shape index (κ2) is 6.02. The first kappa shape index (κ1) is 17.4. The molecule has 0 aromatic heterocycles. The summed E-state index contributed by atoms with van der Waals surface area (Å²) in [4.78, 5) is 27.5. The van der Waals surface area contributed by atoms with Gasteiger partial charge in [0.15, 0.2) is 11.8 Å². The summed E-state index contributed by atoms with van der Waals surface area (Å²) >= 11 is 0. The van der Waals surface area contributed by atoms with Crippen molar-refractivity contribution in [1.29, 1.82) is 0 Å². The second-order valence-corrected chi connectivity index (χ2v) is 4.54. The van der Waals surface area contributed by atoms with Gasteiger partial charge in [-0.05, 0) is 0 Å². The molecule has 0 saturated heterocycles. The minimum Gasteiger partial charge on any atom is -0.394 e. The number of rotatable bonds is 6. The van der Waals surface area contributed by atoms with Crippen LogP contribution >= 0.6 is 7.82 Å². The number of phosphoric ester groups is 1. The molecule has 4 atom stereocenters. The van der Waals surface area contributed by atoms with E-state index in [1.54, 1.807) is 0 Å². The number of nitrogens with two attached hydrogens (primary N) is 1. The Balaban J connectivity index is 4.84. The number of hydrogen-bond acceptors (Lipinski definition) is 9. The molecular formula is C6H14NO10P. The largest absolute Gasteiger partial charge is 0.527 e. The predicted molar refractivity (Wildman–Crippen MR) is 52.4 cm³/mol. The molecule has 0 aliphatic rings. The molecule has 9 N–H and O–H groups in total. The normalized spacial score (nSPS) is 20.7. The van der Waals surface area contributed by atoms with Gasteiger partial charge in [-0.15, -0.1) is 0 Å². The third kappa shape index (κ3) is 4.57. The zero-order valence-corrected chi connectivity index (χ0v) is 9.71. The molecule has 0 aliphatic heterocycles. The van der Waals surface area contributed by atoms with Crippen LogP contribution in [0.15, 0.2) is 0 Å². The summed E-state index contributed by atoms with van der Waals surface area (Å²) in [6.45, 7) is -1.11. The van der Waals surface area contributed by atoms with Crippen molar-refractivity contribution in [2.24, 2.45) is 5.73 Å². The molecule has 0 bridgehead atoms. The maximum atomic E-state index is 10.9. The van der Waals surface area contributed by atoms with Crippen molar-refractivity contribution in [2.45, 2.75) is 24.0 Å². The molecular weight excluding hydrogens is 277 g/mol. The zero-order chi connectivity index (χ0) is 14.7. The van der Waals surface area contributed by atoms with E-state index in [9.17, 15) is 19.6 Å². The van der Waals surface area contributed by atoms with Crippen LogP contribution in [-0.4, -0.2) is 71.9 Å². The SMILES string of the molecule is N[C@@](O)([C@H](O)CO)[C@H](O)[C@@H](O)C(=O)OP(=O)(O)O. The minimum atomic E-state index is -5.25. The smallest absolute Gasteiger partial charge is 0.394 e. The van der Waals surface area contributed by atoms with Crippen molar-refractivity contribution < 1.29 is 49.2 Å². The summed E-state index contributed by atoms with van der Waals surface area (Å²) in [6, 6.07) is 0. The maximum absolute atomic E-state index is 10.9. The number of aliphatic hydroxyl groups is 5. The molecule has 0 aromatic rings. The lowest BCUT2D eigenvalue weighted by Crippen LogP contribution is -2.65.